The van der Waals surface area contributed by atoms with Crippen LogP contribution >= 0.6 is 0 Å². The Morgan fingerprint density at radius 3 is 3.00 bits per heavy atom. The van der Waals surface area contributed by atoms with E-state index in [-0.39, 0.29) is 12.0 Å². The average molecular weight is 276 g/mol. The van der Waals surface area contributed by atoms with Crippen LogP contribution in [0, 0.1) is 0 Å². The fourth-order valence-electron chi connectivity index (χ4n) is 2.55. The maximum Gasteiger partial charge on any atom is 0.222 e. The van der Waals surface area contributed by atoms with Crippen LogP contribution in [0.4, 0.5) is 5.69 Å². The predicted molar refractivity (Wildman–Crippen MR) is 80.4 cm³/mol. The zero-order valence-corrected chi connectivity index (χ0v) is 12.2. The standard InChI is InChI=1S/C16H24N2O2/c1-18(12-15-7-2-3-10-20-15)16(19)9-8-13-5-4-6-14(17)11-13/h4-6,11,15H,2-3,7-10,12,17H2,1H3. The second-order valence-corrected chi connectivity index (χ2v) is 5.51. The van der Waals surface area contributed by atoms with Crippen LogP contribution < -0.4 is 5.73 Å². The van der Waals surface area contributed by atoms with Gasteiger partial charge >= 0.3 is 0 Å². The molecule has 0 aliphatic carbocycles. The monoisotopic (exact) mass is 276 g/mol. The first-order valence-corrected chi connectivity index (χ1v) is 7.35. The summed E-state index contributed by atoms with van der Waals surface area (Å²) in [5.74, 6) is 0.168. The molecule has 0 aromatic heterocycles. The van der Waals surface area contributed by atoms with Crippen LogP contribution in [0.3, 0.4) is 0 Å². The third-order valence-electron chi connectivity index (χ3n) is 3.76. The van der Waals surface area contributed by atoms with Crippen molar-refractivity contribution in [3.63, 3.8) is 0 Å². The molecule has 20 heavy (non-hydrogen) atoms. The quantitative estimate of drug-likeness (QED) is 0.839. The lowest BCUT2D eigenvalue weighted by atomic mass is 10.1. The van der Waals surface area contributed by atoms with Gasteiger partial charge in [0.25, 0.3) is 0 Å². The van der Waals surface area contributed by atoms with Gasteiger partial charge in [-0.05, 0) is 43.4 Å². The van der Waals surface area contributed by atoms with Crippen LogP contribution in [0.15, 0.2) is 24.3 Å². The van der Waals surface area contributed by atoms with Gasteiger partial charge in [0.1, 0.15) is 0 Å². The number of benzene rings is 1. The third kappa shape index (κ3) is 4.53. The van der Waals surface area contributed by atoms with E-state index < -0.39 is 0 Å². The van der Waals surface area contributed by atoms with Gasteiger partial charge in [-0.1, -0.05) is 12.1 Å². The van der Waals surface area contributed by atoms with E-state index in [1.54, 1.807) is 4.90 Å². The normalized spacial score (nSPS) is 18.8. The number of hydrogen-bond acceptors (Lipinski definition) is 3. The maximum atomic E-state index is 12.1. The first-order valence-electron chi connectivity index (χ1n) is 7.35. The van der Waals surface area contributed by atoms with Crippen molar-refractivity contribution < 1.29 is 9.53 Å². The number of aryl methyl sites for hydroxylation is 1. The Kier molecular flexibility index (Phi) is 5.41. The summed E-state index contributed by atoms with van der Waals surface area (Å²) in [4.78, 5) is 13.9. The molecule has 0 saturated carbocycles. The van der Waals surface area contributed by atoms with Gasteiger partial charge in [0.2, 0.25) is 5.91 Å². The lowest BCUT2D eigenvalue weighted by molar-refractivity contribution is -0.132. The Balaban J connectivity index is 1.76. The summed E-state index contributed by atoms with van der Waals surface area (Å²) in [6.07, 6.45) is 4.88. The van der Waals surface area contributed by atoms with Crippen molar-refractivity contribution in [2.24, 2.45) is 0 Å². The number of carbonyl (C=O) groups excluding carboxylic acids is 1. The topological polar surface area (TPSA) is 55.6 Å². The van der Waals surface area contributed by atoms with Gasteiger partial charge in [-0.15, -0.1) is 0 Å². The highest BCUT2D eigenvalue weighted by Gasteiger charge is 2.18. The van der Waals surface area contributed by atoms with Gasteiger partial charge in [0.05, 0.1) is 6.10 Å². The first-order chi connectivity index (χ1) is 9.65. The molecule has 4 nitrogen and oxygen atoms in total. The first kappa shape index (κ1) is 14.9. The molecule has 1 fully saturated rings. The number of ether oxygens (including phenoxy) is 1. The molecule has 1 aromatic carbocycles. The van der Waals surface area contributed by atoms with E-state index in [4.69, 9.17) is 10.5 Å². The largest absolute Gasteiger partial charge is 0.399 e. The van der Waals surface area contributed by atoms with Crippen molar-refractivity contribution in [3.05, 3.63) is 29.8 Å². The minimum absolute atomic E-state index is 0.168. The molecule has 2 N–H and O–H groups in total. The predicted octanol–water partition coefficient (Wildman–Crippen LogP) is 2.23. The molecule has 110 valence electrons. The summed E-state index contributed by atoms with van der Waals surface area (Å²) in [6, 6.07) is 7.72. The number of amides is 1. The van der Waals surface area contributed by atoms with Crippen molar-refractivity contribution in [2.75, 3.05) is 25.9 Å². The van der Waals surface area contributed by atoms with Crippen molar-refractivity contribution >= 4 is 11.6 Å². The van der Waals surface area contributed by atoms with Crippen LogP contribution in [-0.4, -0.2) is 37.1 Å². The second kappa shape index (κ2) is 7.29. The molecule has 1 unspecified atom stereocenters. The van der Waals surface area contributed by atoms with Gasteiger partial charge in [0.15, 0.2) is 0 Å². The van der Waals surface area contributed by atoms with Crippen LogP contribution in [-0.2, 0) is 16.0 Å². The van der Waals surface area contributed by atoms with Gasteiger partial charge in [-0.2, -0.15) is 0 Å². The lowest BCUT2D eigenvalue weighted by Crippen LogP contribution is -2.37. The molecule has 1 aliphatic rings. The summed E-state index contributed by atoms with van der Waals surface area (Å²) in [5.41, 5.74) is 7.60. The summed E-state index contributed by atoms with van der Waals surface area (Å²) in [7, 11) is 1.86. The molecule has 1 heterocycles. The molecular weight excluding hydrogens is 252 g/mol. The molecule has 1 saturated heterocycles. The molecule has 1 atom stereocenters. The highest BCUT2D eigenvalue weighted by molar-refractivity contribution is 5.76. The van der Waals surface area contributed by atoms with Crippen molar-refractivity contribution in [2.45, 2.75) is 38.2 Å². The van der Waals surface area contributed by atoms with Crippen molar-refractivity contribution in [1.82, 2.24) is 4.90 Å². The van der Waals surface area contributed by atoms with Gasteiger partial charge in [-0.3, -0.25) is 4.79 Å². The van der Waals surface area contributed by atoms with E-state index in [1.165, 1.54) is 6.42 Å². The van der Waals surface area contributed by atoms with Crippen LogP contribution in [0.2, 0.25) is 0 Å². The Bertz CT molecular complexity index is 442. The van der Waals surface area contributed by atoms with Gasteiger partial charge in [-0.25, -0.2) is 0 Å². The number of rotatable bonds is 5. The molecular formula is C16H24N2O2. The van der Waals surface area contributed by atoms with Crippen molar-refractivity contribution in [3.8, 4) is 0 Å². The zero-order valence-electron chi connectivity index (χ0n) is 12.2. The van der Waals surface area contributed by atoms with E-state index in [0.717, 1.165) is 37.1 Å². The van der Waals surface area contributed by atoms with E-state index in [2.05, 4.69) is 0 Å². The van der Waals surface area contributed by atoms with Crippen molar-refractivity contribution in [1.29, 1.82) is 0 Å². The SMILES string of the molecule is CN(CC1CCCCO1)C(=O)CCc1cccc(N)c1. The summed E-state index contributed by atoms with van der Waals surface area (Å²) < 4.78 is 5.67. The van der Waals surface area contributed by atoms with Crippen LogP contribution in [0.5, 0.6) is 0 Å². The summed E-state index contributed by atoms with van der Waals surface area (Å²) in [5, 5.41) is 0. The number of anilines is 1. The number of likely N-dealkylation sites (N-methyl/N-ethyl adjacent to an activating group) is 1. The molecule has 0 spiro atoms. The number of nitrogen functional groups attached to an aromatic ring is 1. The van der Waals surface area contributed by atoms with Gasteiger partial charge in [0, 0.05) is 32.3 Å². The molecule has 2 rings (SSSR count). The van der Waals surface area contributed by atoms with Crippen LogP contribution in [0.25, 0.3) is 0 Å². The molecule has 1 amide bonds. The molecule has 1 aliphatic heterocycles. The Morgan fingerprint density at radius 2 is 2.30 bits per heavy atom. The van der Waals surface area contributed by atoms with Crippen LogP contribution in [0.1, 0.15) is 31.2 Å². The number of hydrogen-bond donors (Lipinski definition) is 1. The number of carbonyl (C=O) groups is 1. The molecule has 4 heteroatoms. The van der Waals surface area contributed by atoms with Gasteiger partial charge < -0.3 is 15.4 Å². The highest BCUT2D eigenvalue weighted by atomic mass is 16.5. The second-order valence-electron chi connectivity index (χ2n) is 5.51. The number of nitrogens with two attached hydrogens (primary N) is 1. The fourth-order valence-corrected chi connectivity index (χ4v) is 2.55. The van der Waals surface area contributed by atoms with E-state index in [1.807, 2.05) is 31.3 Å². The van der Waals surface area contributed by atoms with E-state index in [0.29, 0.717) is 13.0 Å². The number of nitrogens with zero attached hydrogens (tertiary/aromatic N) is 1. The Morgan fingerprint density at radius 1 is 1.45 bits per heavy atom. The highest BCUT2D eigenvalue weighted by Crippen LogP contribution is 2.14. The smallest absolute Gasteiger partial charge is 0.222 e. The molecule has 1 aromatic rings. The molecule has 0 bridgehead atoms. The summed E-state index contributed by atoms with van der Waals surface area (Å²) >= 11 is 0. The zero-order chi connectivity index (χ0) is 14.4. The third-order valence-corrected chi connectivity index (χ3v) is 3.76. The maximum absolute atomic E-state index is 12.1. The Hall–Kier alpha value is -1.55. The average Bonchev–Trinajstić information content (AvgIpc) is 2.46. The molecule has 0 radical (unpaired) electrons. The minimum Gasteiger partial charge on any atom is -0.399 e. The fraction of sp³-hybridized carbons (Fsp3) is 0.562. The summed E-state index contributed by atoms with van der Waals surface area (Å²) in [6.45, 7) is 1.53. The van der Waals surface area contributed by atoms with E-state index in [9.17, 15) is 4.79 Å². The minimum atomic E-state index is 0.168. The Labute approximate surface area is 120 Å². The lowest BCUT2D eigenvalue weighted by Gasteiger charge is -2.27. The van der Waals surface area contributed by atoms with E-state index >= 15 is 0 Å².